The fraction of sp³-hybridized carbons (Fsp3) is 0.632. The highest BCUT2D eigenvalue weighted by atomic mass is 35.5. The molecule has 27 heavy (non-hydrogen) atoms. The van der Waals surface area contributed by atoms with Crippen molar-refractivity contribution >= 4 is 29.1 Å². The summed E-state index contributed by atoms with van der Waals surface area (Å²) in [5.41, 5.74) is 6.67. The number of amides is 2. The molecule has 1 aromatic rings. The van der Waals surface area contributed by atoms with E-state index in [9.17, 15) is 9.59 Å². The van der Waals surface area contributed by atoms with Crippen molar-refractivity contribution in [3.63, 3.8) is 0 Å². The van der Waals surface area contributed by atoms with Crippen LogP contribution in [0.3, 0.4) is 0 Å². The van der Waals surface area contributed by atoms with Gasteiger partial charge in [-0.2, -0.15) is 0 Å². The van der Waals surface area contributed by atoms with Gasteiger partial charge in [-0.15, -0.1) is 0 Å². The van der Waals surface area contributed by atoms with E-state index in [0.29, 0.717) is 30.0 Å². The van der Waals surface area contributed by atoms with Crippen molar-refractivity contribution in [1.29, 1.82) is 0 Å². The van der Waals surface area contributed by atoms with Crippen LogP contribution in [0.5, 0.6) is 0 Å². The van der Waals surface area contributed by atoms with Crippen molar-refractivity contribution in [2.75, 3.05) is 18.1 Å². The van der Waals surface area contributed by atoms with Gasteiger partial charge in [0.15, 0.2) is 0 Å². The van der Waals surface area contributed by atoms with Gasteiger partial charge in [0.05, 0.1) is 30.5 Å². The van der Waals surface area contributed by atoms with Crippen LogP contribution < -0.4 is 16.0 Å². The van der Waals surface area contributed by atoms with Gasteiger partial charge in [0.25, 0.3) is 5.91 Å². The quantitative estimate of drug-likeness (QED) is 0.720. The predicted molar refractivity (Wildman–Crippen MR) is 102 cm³/mol. The first-order chi connectivity index (χ1) is 13.0. The number of carbonyl (C=O) groups is 2. The molecule has 4 rings (SSSR count). The summed E-state index contributed by atoms with van der Waals surface area (Å²) in [6, 6.07) is 2.52. The number of nitrogens with one attached hydrogen (secondary N) is 1. The minimum atomic E-state index is -0.517. The zero-order valence-electron chi connectivity index (χ0n) is 15.2. The highest BCUT2D eigenvalue weighted by Gasteiger charge is 2.38. The van der Waals surface area contributed by atoms with Crippen molar-refractivity contribution in [3.05, 3.63) is 23.0 Å². The third kappa shape index (κ3) is 4.04. The molecule has 8 heteroatoms. The number of nitrogens with two attached hydrogens (primary N) is 1. The molecule has 2 aliphatic carbocycles. The monoisotopic (exact) mass is 392 g/mol. The molecule has 146 valence electrons. The summed E-state index contributed by atoms with van der Waals surface area (Å²) in [5.74, 6) is -0.242. The topological polar surface area (TPSA) is 97.6 Å². The maximum Gasteiger partial charge on any atom is 0.252 e. The van der Waals surface area contributed by atoms with Crippen LogP contribution in [0, 0.1) is 5.92 Å². The van der Waals surface area contributed by atoms with E-state index in [-0.39, 0.29) is 23.9 Å². The van der Waals surface area contributed by atoms with E-state index < -0.39 is 5.91 Å². The molecule has 3 aliphatic rings. The van der Waals surface area contributed by atoms with Gasteiger partial charge in [-0.1, -0.05) is 11.6 Å². The lowest BCUT2D eigenvalue weighted by atomic mass is 9.83. The molecule has 2 heterocycles. The predicted octanol–water partition coefficient (Wildman–Crippen LogP) is 1.88. The number of hydrogen-bond acceptors (Lipinski definition) is 5. The fourth-order valence-corrected chi connectivity index (χ4v) is 4.21. The molecule has 0 spiro atoms. The lowest BCUT2D eigenvalue weighted by Crippen LogP contribution is -2.55. The van der Waals surface area contributed by atoms with E-state index >= 15 is 0 Å². The first-order valence-corrected chi connectivity index (χ1v) is 10.0. The average Bonchev–Trinajstić information content (AvgIpc) is 3.41. The number of pyridine rings is 1. The van der Waals surface area contributed by atoms with E-state index in [1.807, 2.05) is 0 Å². The second-order valence-corrected chi connectivity index (χ2v) is 8.16. The van der Waals surface area contributed by atoms with Crippen LogP contribution in [0.2, 0.25) is 5.15 Å². The van der Waals surface area contributed by atoms with E-state index in [4.69, 9.17) is 22.1 Å². The highest BCUT2D eigenvalue weighted by Crippen LogP contribution is 2.36. The Bertz CT molecular complexity index is 728. The van der Waals surface area contributed by atoms with Crippen molar-refractivity contribution < 1.29 is 14.3 Å². The summed E-state index contributed by atoms with van der Waals surface area (Å²) >= 11 is 6.12. The number of primary amides is 1. The summed E-state index contributed by atoms with van der Waals surface area (Å²) in [5, 5.41) is 3.45. The molecular weight excluding hydrogens is 368 g/mol. The molecule has 0 unspecified atom stereocenters. The zero-order valence-corrected chi connectivity index (χ0v) is 16.0. The van der Waals surface area contributed by atoms with Gasteiger partial charge in [-0.05, 0) is 44.6 Å². The molecular formula is C19H25ClN4O3. The molecule has 0 aromatic carbocycles. The number of ether oxygens (including phenoxy) is 1. The molecule has 1 aliphatic heterocycles. The van der Waals surface area contributed by atoms with Gasteiger partial charge in [0, 0.05) is 24.2 Å². The minimum absolute atomic E-state index is 0.0815. The number of aromatic nitrogens is 1. The molecule has 0 bridgehead atoms. The first kappa shape index (κ1) is 18.5. The summed E-state index contributed by atoms with van der Waals surface area (Å²) in [4.78, 5) is 30.5. The van der Waals surface area contributed by atoms with Crippen LogP contribution in [-0.2, 0) is 9.53 Å². The maximum atomic E-state index is 12.4. The van der Waals surface area contributed by atoms with Gasteiger partial charge in [0.1, 0.15) is 5.15 Å². The molecule has 0 radical (unpaired) electrons. The Morgan fingerprint density at radius 3 is 2.41 bits per heavy atom. The SMILES string of the molecule is NC(=O)c1cnc(Cl)cc1N(C1CCC(C(=O)NC2CC2)CC1)C1COC1. The van der Waals surface area contributed by atoms with Crippen LogP contribution in [0.1, 0.15) is 48.9 Å². The summed E-state index contributed by atoms with van der Waals surface area (Å²) in [6.45, 7) is 1.22. The Morgan fingerprint density at radius 1 is 1.15 bits per heavy atom. The number of nitrogens with zero attached hydrogens (tertiary/aromatic N) is 2. The molecule has 1 saturated heterocycles. The highest BCUT2D eigenvalue weighted by molar-refractivity contribution is 6.29. The minimum Gasteiger partial charge on any atom is -0.377 e. The molecule has 3 N–H and O–H groups in total. The summed E-state index contributed by atoms with van der Waals surface area (Å²) in [6.07, 6.45) is 7.12. The molecule has 2 amide bonds. The lowest BCUT2D eigenvalue weighted by Gasteiger charge is -2.46. The summed E-state index contributed by atoms with van der Waals surface area (Å²) in [7, 11) is 0. The molecule has 0 atom stereocenters. The Labute approximate surface area is 163 Å². The second kappa shape index (κ2) is 7.64. The van der Waals surface area contributed by atoms with Crippen molar-refractivity contribution in [3.8, 4) is 0 Å². The lowest BCUT2D eigenvalue weighted by molar-refractivity contribution is -0.126. The van der Waals surface area contributed by atoms with Crippen molar-refractivity contribution in [1.82, 2.24) is 10.3 Å². The van der Waals surface area contributed by atoms with Crippen molar-refractivity contribution in [2.45, 2.75) is 56.7 Å². The van der Waals surface area contributed by atoms with Gasteiger partial charge >= 0.3 is 0 Å². The normalized spacial score (nSPS) is 25.5. The van der Waals surface area contributed by atoms with E-state index in [0.717, 1.165) is 44.2 Å². The Morgan fingerprint density at radius 2 is 1.85 bits per heavy atom. The number of rotatable bonds is 6. The maximum absolute atomic E-state index is 12.4. The first-order valence-electron chi connectivity index (χ1n) is 9.64. The number of carbonyl (C=O) groups excluding carboxylic acids is 2. The second-order valence-electron chi connectivity index (χ2n) is 7.78. The number of hydrogen-bond donors (Lipinski definition) is 2. The largest absolute Gasteiger partial charge is 0.377 e. The van der Waals surface area contributed by atoms with Gasteiger partial charge < -0.3 is 20.7 Å². The third-order valence-electron chi connectivity index (χ3n) is 5.79. The summed E-state index contributed by atoms with van der Waals surface area (Å²) < 4.78 is 5.40. The van der Waals surface area contributed by atoms with Crippen molar-refractivity contribution in [2.24, 2.45) is 11.7 Å². The molecule has 7 nitrogen and oxygen atoms in total. The Hall–Kier alpha value is -1.86. The fourth-order valence-electron chi connectivity index (χ4n) is 4.06. The number of anilines is 1. The van der Waals surface area contributed by atoms with Crippen LogP contribution >= 0.6 is 11.6 Å². The number of halogens is 1. The Kier molecular flexibility index (Phi) is 5.23. The molecule has 2 saturated carbocycles. The van der Waals surface area contributed by atoms with E-state index in [2.05, 4.69) is 15.2 Å². The average molecular weight is 393 g/mol. The van der Waals surface area contributed by atoms with Gasteiger partial charge in [-0.25, -0.2) is 4.98 Å². The van der Waals surface area contributed by atoms with Gasteiger partial charge in [-0.3, -0.25) is 9.59 Å². The van der Waals surface area contributed by atoms with Crippen LogP contribution in [0.4, 0.5) is 5.69 Å². The van der Waals surface area contributed by atoms with Crippen LogP contribution in [0.25, 0.3) is 0 Å². The Balaban J connectivity index is 1.51. The van der Waals surface area contributed by atoms with E-state index in [1.165, 1.54) is 6.20 Å². The van der Waals surface area contributed by atoms with Crippen LogP contribution in [-0.4, -0.2) is 48.1 Å². The molecule has 1 aromatic heterocycles. The van der Waals surface area contributed by atoms with E-state index in [1.54, 1.807) is 6.07 Å². The smallest absolute Gasteiger partial charge is 0.252 e. The standard InChI is InChI=1S/C19H25ClN4O3/c20-17-7-16(15(8-22-17)18(21)25)24(14-9-27-10-14)13-5-1-11(2-6-13)19(26)23-12-3-4-12/h7-8,11-14H,1-6,9-10H2,(H2,21,25)(H,23,26). The molecule has 3 fully saturated rings. The zero-order chi connectivity index (χ0) is 19.0. The van der Waals surface area contributed by atoms with Crippen LogP contribution in [0.15, 0.2) is 12.3 Å². The van der Waals surface area contributed by atoms with Gasteiger partial charge in [0.2, 0.25) is 5.91 Å². The third-order valence-corrected chi connectivity index (χ3v) is 6.00.